The lowest BCUT2D eigenvalue weighted by atomic mass is 9.91. The predicted octanol–water partition coefficient (Wildman–Crippen LogP) is 2.48. The molecule has 1 aliphatic carbocycles. The van der Waals surface area contributed by atoms with Crippen LogP contribution in [0.1, 0.15) is 32.2 Å². The van der Waals surface area contributed by atoms with Crippen LogP contribution in [0.15, 0.2) is 11.6 Å². The van der Waals surface area contributed by atoms with E-state index in [0.29, 0.717) is 17.8 Å². The Morgan fingerprint density at radius 2 is 2.36 bits per heavy atom. The molecular weight excluding hydrogens is 194 g/mol. The first-order chi connectivity index (χ1) is 6.42. The SMILES string of the molecule is CC1(C)CC1C(C)(O)Cc1nccs1. The molecule has 14 heavy (non-hydrogen) atoms. The van der Waals surface area contributed by atoms with Crippen molar-refractivity contribution in [2.24, 2.45) is 11.3 Å². The first-order valence-electron chi connectivity index (χ1n) is 5.02. The summed E-state index contributed by atoms with van der Waals surface area (Å²) in [6, 6.07) is 0. The molecule has 0 radical (unpaired) electrons. The van der Waals surface area contributed by atoms with Crippen LogP contribution in [0.4, 0.5) is 0 Å². The van der Waals surface area contributed by atoms with Crippen molar-refractivity contribution in [2.45, 2.75) is 39.2 Å². The molecular formula is C11H17NOS. The number of hydrogen-bond acceptors (Lipinski definition) is 3. The van der Waals surface area contributed by atoms with Gasteiger partial charge in [0.25, 0.3) is 0 Å². The number of nitrogens with zero attached hydrogens (tertiary/aromatic N) is 1. The Morgan fingerprint density at radius 1 is 1.71 bits per heavy atom. The van der Waals surface area contributed by atoms with E-state index in [9.17, 15) is 5.11 Å². The fourth-order valence-electron chi connectivity index (χ4n) is 2.30. The minimum absolute atomic E-state index is 0.320. The maximum Gasteiger partial charge on any atom is 0.0953 e. The average Bonchev–Trinajstić information content (AvgIpc) is 2.50. The molecule has 1 aromatic heterocycles. The summed E-state index contributed by atoms with van der Waals surface area (Å²) >= 11 is 1.62. The Morgan fingerprint density at radius 3 is 2.79 bits per heavy atom. The number of rotatable bonds is 3. The van der Waals surface area contributed by atoms with Gasteiger partial charge in [-0.05, 0) is 24.7 Å². The summed E-state index contributed by atoms with van der Waals surface area (Å²) in [6.45, 7) is 6.37. The normalized spacial score (nSPS) is 28.4. The summed E-state index contributed by atoms with van der Waals surface area (Å²) in [7, 11) is 0. The first kappa shape index (κ1) is 10.1. The standard InChI is InChI=1S/C11H17NOS/c1-10(2)6-8(10)11(3,13)7-9-12-4-5-14-9/h4-5,8,13H,6-7H2,1-3H3. The third-order valence-electron chi connectivity index (χ3n) is 3.26. The van der Waals surface area contributed by atoms with Gasteiger partial charge in [-0.1, -0.05) is 13.8 Å². The van der Waals surface area contributed by atoms with Crippen molar-refractivity contribution in [3.63, 3.8) is 0 Å². The van der Waals surface area contributed by atoms with Gasteiger partial charge in [0.05, 0.1) is 10.6 Å². The summed E-state index contributed by atoms with van der Waals surface area (Å²) in [5.41, 5.74) is -0.262. The highest BCUT2D eigenvalue weighted by molar-refractivity contribution is 7.09. The van der Waals surface area contributed by atoms with Crippen LogP contribution >= 0.6 is 11.3 Å². The molecule has 2 nitrogen and oxygen atoms in total. The van der Waals surface area contributed by atoms with E-state index in [2.05, 4.69) is 18.8 Å². The maximum atomic E-state index is 10.3. The predicted molar refractivity (Wildman–Crippen MR) is 58.3 cm³/mol. The molecule has 2 atom stereocenters. The molecule has 0 spiro atoms. The summed E-state index contributed by atoms with van der Waals surface area (Å²) in [5, 5.41) is 13.3. The molecule has 0 saturated heterocycles. The summed E-state index contributed by atoms with van der Waals surface area (Å²) < 4.78 is 0. The number of aromatic nitrogens is 1. The molecule has 1 saturated carbocycles. The lowest BCUT2D eigenvalue weighted by Crippen LogP contribution is -2.31. The van der Waals surface area contributed by atoms with Crippen LogP contribution in [-0.4, -0.2) is 15.7 Å². The third kappa shape index (κ3) is 1.84. The zero-order valence-corrected chi connectivity index (χ0v) is 9.77. The zero-order chi connectivity index (χ0) is 10.4. The van der Waals surface area contributed by atoms with Crippen molar-refractivity contribution in [1.82, 2.24) is 4.98 Å². The van der Waals surface area contributed by atoms with Gasteiger partial charge >= 0.3 is 0 Å². The van der Waals surface area contributed by atoms with Crippen LogP contribution in [0.2, 0.25) is 0 Å². The van der Waals surface area contributed by atoms with Crippen LogP contribution in [0.5, 0.6) is 0 Å². The van der Waals surface area contributed by atoms with Crippen LogP contribution < -0.4 is 0 Å². The third-order valence-corrected chi connectivity index (χ3v) is 4.04. The van der Waals surface area contributed by atoms with Crippen molar-refractivity contribution < 1.29 is 5.11 Å². The van der Waals surface area contributed by atoms with E-state index in [1.165, 1.54) is 0 Å². The van der Waals surface area contributed by atoms with Crippen LogP contribution in [0.25, 0.3) is 0 Å². The highest BCUT2D eigenvalue weighted by Gasteiger charge is 2.55. The second-order valence-electron chi connectivity index (χ2n) is 5.21. The van der Waals surface area contributed by atoms with Gasteiger partial charge in [-0.2, -0.15) is 0 Å². The molecule has 3 heteroatoms. The summed E-state index contributed by atoms with van der Waals surface area (Å²) in [6.07, 6.45) is 3.62. The topological polar surface area (TPSA) is 33.1 Å². The molecule has 1 aliphatic rings. The minimum atomic E-state index is -0.582. The quantitative estimate of drug-likeness (QED) is 0.833. The minimum Gasteiger partial charge on any atom is -0.389 e. The van der Waals surface area contributed by atoms with Gasteiger partial charge in [0.15, 0.2) is 0 Å². The van der Waals surface area contributed by atoms with E-state index < -0.39 is 5.60 Å². The maximum absolute atomic E-state index is 10.3. The number of thiazole rings is 1. The molecule has 0 aliphatic heterocycles. The lowest BCUT2D eigenvalue weighted by Gasteiger charge is -2.24. The molecule has 2 unspecified atom stereocenters. The Balaban J connectivity index is 2.04. The lowest BCUT2D eigenvalue weighted by molar-refractivity contribution is 0.0253. The van der Waals surface area contributed by atoms with Gasteiger partial charge in [0.1, 0.15) is 0 Å². The fraction of sp³-hybridized carbons (Fsp3) is 0.727. The molecule has 78 valence electrons. The molecule has 0 bridgehead atoms. The second-order valence-corrected chi connectivity index (χ2v) is 6.18. The number of aliphatic hydroxyl groups is 1. The first-order valence-corrected chi connectivity index (χ1v) is 5.90. The zero-order valence-electron chi connectivity index (χ0n) is 8.95. The smallest absolute Gasteiger partial charge is 0.0953 e. The average molecular weight is 211 g/mol. The van der Waals surface area contributed by atoms with Gasteiger partial charge < -0.3 is 5.11 Å². The van der Waals surface area contributed by atoms with Gasteiger partial charge in [-0.15, -0.1) is 11.3 Å². The molecule has 1 heterocycles. The molecule has 0 amide bonds. The molecule has 1 fully saturated rings. The van der Waals surface area contributed by atoms with E-state index in [0.717, 1.165) is 11.4 Å². The van der Waals surface area contributed by atoms with Gasteiger partial charge in [-0.25, -0.2) is 4.98 Å². The van der Waals surface area contributed by atoms with E-state index in [1.54, 1.807) is 17.5 Å². The van der Waals surface area contributed by atoms with Crippen molar-refractivity contribution in [3.05, 3.63) is 16.6 Å². The molecule has 1 N–H and O–H groups in total. The fourth-order valence-corrected chi connectivity index (χ4v) is 3.07. The van der Waals surface area contributed by atoms with Crippen molar-refractivity contribution >= 4 is 11.3 Å². The molecule has 2 rings (SSSR count). The van der Waals surface area contributed by atoms with Crippen LogP contribution in [-0.2, 0) is 6.42 Å². The van der Waals surface area contributed by atoms with Crippen molar-refractivity contribution in [1.29, 1.82) is 0 Å². The second kappa shape index (κ2) is 3.04. The molecule has 1 aromatic rings. The van der Waals surface area contributed by atoms with Gasteiger partial charge in [-0.3, -0.25) is 0 Å². The van der Waals surface area contributed by atoms with Crippen LogP contribution in [0.3, 0.4) is 0 Å². The van der Waals surface area contributed by atoms with Crippen molar-refractivity contribution in [2.75, 3.05) is 0 Å². The Hall–Kier alpha value is -0.410. The van der Waals surface area contributed by atoms with Crippen molar-refractivity contribution in [3.8, 4) is 0 Å². The van der Waals surface area contributed by atoms with Gasteiger partial charge in [0.2, 0.25) is 0 Å². The largest absolute Gasteiger partial charge is 0.389 e. The van der Waals surface area contributed by atoms with E-state index in [1.807, 2.05) is 12.3 Å². The van der Waals surface area contributed by atoms with Gasteiger partial charge in [0, 0.05) is 18.0 Å². The van der Waals surface area contributed by atoms with E-state index >= 15 is 0 Å². The van der Waals surface area contributed by atoms with Crippen LogP contribution in [0, 0.1) is 11.3 Å². The Kier molecular flexibility index (Phi) is 2.20. The summed E-state index contributed by atoms with van der Waals surface area (Å²) in [5.74, 6) is 0.430. The summed E-state index contributed by atoms with van der Waals surface area (Å²) in [4.78, 5) is 4.22. The Labute approximate surface area is 89.0 Å². The monoisotopic (exact) mass is 211 g/mol. The van der Waals surface area contributed by atoms with E-state index in [-0.39, 0.29) is 0 Å². The Bertz CT molecular complexity index is 316. The molecule has 0 aromatic carbocycles. The number of hydrogen-bond donors (Lipinski definition) is 1. The van der Waals surface area contributed by atoms with E-state index in [4.69, 9.17) is 0 Å². The highest BCUT2D eigenvalue weighted by Crippen LogP contribution is 2.57. The highest BCUT2D eigenvalue weighted by atomic mass is 32.1.